The first kappa shape index (κ1) is 24.4. The van der Waals surface area contributed by atoms with E-state index in [2.05, 4.69) is 39.7 Å². The van der Waals surface area contributed by atoms with Crippen molar-refractivity contribution in [3.8, 4) is 0 Å². The van der Waals surface area contributed by atoms with Gasteiger partial charge in [-0.1, -0.05) is 31.5 Å². The summed E-state index contributed by atoms with van der Waals surface area (Å²) in [5.41, 5.74) is 0.0758. The fourth-order valence-corrected chi connectivity index (χ4v) is 6.02. The average Bonchev–Trinajstić information content (AvgIpc) is 2.77. The Bertz CT molecular complexity index is 871. The fourth-order valence-electron chi connectivity index (χ4n) is 5.92. The van der Waals surface area contributed by atoms with Crippen LogP contribution in [-0.2, 0) is 9.53 Å². The quantitative estimate of drug-likeness (QED) is 0.516. The smallest absolute Gasteiger partial charge is 0.303 e. The third kappa shape index (κ3) is 5.20. The van der Waals surface area contributed by atoms with E-state index in [4.69, 9.17) is 16.3 Å². The number of halogens is 1. The Morgan fingerprint density at radius 1 is 1.27 bits per heavy atom. The molecular formula is C25H36ClN4O3. The lowest BCUT2D eigenvalue weighted by Crippen LogP contribution is -2.57. The average molecular weight is 476 g/mol. The molecule has 1 aromatic rings. The number of hydrogen-bond donors (Lipinski definition) is 1. The number of anilines is 1. The van der Waals surface area contributed by atoms with Crippen LogP contribution in [0.3, 0.4) is 0 Å². The molecule has 2 heterocycles. The third-order valence-electron chi connectivity index (χ3n) is 7.90. The molecule has 1 saturated carbocycles. The molecule has 181 valence electrons. The first-order valence-electron chi connectivity index (χ1n) is 12.1. The largest absolute Gasteiger partial charge is 0.458 e. The molecule has 6 atom stereocenters. The minimum atomic E-state index is -0.942. The molecule has 7 nitrogen and oxygen atoms in total. The molecule has 8 heteroatoms. The van der Waals surface area contributed by atoms with E-state index < -0.39 is 11.7 Å². The van der Waals surface area contributed by atoms with Crippen LogP contribution in [0.1, 0.15) is 40.5 Å². The minimum Gasteiger partial charge on any atom is -0.458 e. The van der Waals surface area contributed by atoms with Crippen molar-refractivity contribution >= 4 is 23.4 Å². The van der Waals surface area contributed by atoms with Crippen molar-refractivity contribution < 1.29 is 14.6 Å². The van der Waals surface area contributed by atoms with Crippen LogP contribution >= 0.6 is 11.6 Å². The predicted molar refractivity (Wildman–Crippen MR) is 129 cm³/mol. The number of ether oxygens (including phenoxy) is 1. The van der Waals surface area contributed by atoms with E-state index in [1.165, 1.54) is 6.92 Å². The summed E-state index contributed by atoms with van der Waals surface area (Å²) in [6, 6.07) is 0. The molecular weight excluding hydrogens is 440 g/mol. The number of hydrogen-bond acceptors (Lipinski definition) is 7. The highest BCUT2D eigenvalue weighted by atomic mass is 35.5. The van der Waals surface area contributed by atoms with Crippen LogP contribution in [0.25, 0.3) is 0 Å². The van der Waals surface area contributed by atoms with Crippen LogP contribution in [0.15, 0.2) is 24.0 Å². The third-order valence-corrected chi connectivity index (χ3v) is 8.10. The van der Waals surface area contributed by atoms with Gasteiger partial charge in [0, 0.05) is 52.0 Å². The molecule has 1 saturated heterocycles. The highest BCUT2D eigenvalue weighted by molar-refractivity contribution is 6.29. The number of nitrogens with zero attached hydrogens (tertiary/aromatic N) is 4. The maximum atomic E-state index is 11.7. The Balaban J connectivity index is 1.40. The molecule has 0 bridgehead atoms. The molecule has 1 aliphatic heterocycles. The summed E-state index contributed by atoms with van der Waals surface area (Å²) >= 11 is 5.86. The Morgan fingerprint density at radius 3 is 2.64 bits per heavy atom. The highest BCUT2D eigenvalue weighted by Crippen LogP contribution is 2.50. The second-order valence-corrected chi connectivity index (χ2v) is 10.5. The van der Waals surface area contributed by atoms with Crippen LogP contribution in [-0.4, -0.2) is 70.4 Å². The topological polar surface area (TPSA) is 78.8 Å². The lowest BCUT2D eigenvalue weighted by molar-refractivity contribution is -0.148. The van der Waals surface area contributed by atoms with Gasteiger partial charge in [0.2, 0.25) is 0 Å². The van der Waals surface area contributed by atoms with E-state index in [1.807, 2.05) is 13.3 Å². The van der Waals surface area contributed by atoms with E-state index >= 15 is 0 Å². The summed E-state index contributed by atoms with van der Waals surface area (Å²) in [4.78, 5) is 24.9. The number of piperazine rings is 1. The van der Waals surface area contributed by atoms with Gasteiger partial charge >= 0.3 is 5.97 Å². The first-order chi connectivity index (χ1) is 15.7. The van der Waals surface area contributed by atoms with Crippen molar-refractivity contribution in [1.82, 2.24) is 14.9 Å². The number of aromatic nitrogens is 2. The molecule has 33 heavy (non-hydrogen) atoms. The molecule has 0 amide bonds. The van der Waals surface area contributed by atoms with Crippen LogP contribution < -0.4 is 4.90 Å². The van der Waals surface area contributed by atoms with Gasteiger partial charge in [-0.05, 0) is 43.1 Å². The van der Waals surface area contributed by atoms with Gasteiger partial charge in [-0.2, -0.15) is 0 Å². The minimum absolute atomic E-state index is 0.0497. The zero-order valence-corrected chi connectivity index (χ0v) is 20.8. The van der Waals surface area contributed by atoms with Gasteiger partial charge in [-0.3, -0.25) is 9.69 Å². The van der Waals surface area contributed by atoms with E-state index in [1.54, 1.807) is 12.4 Å². The molecule has 1 aromatic heterocycles. The number of carbonyl (C=O) groups is 1. The van der Waals surface area contributed by atoms with Crippen molar-refractivity contribution in [3.05, 3.63) is 35.6 Å². The van der Waals surface area contributed by atoms with E-state index in [-0.39, 0.29) is 17.8 Å². The van der Waals surface area contributed by atoms with Gasteiger partial charge in [-0.15, -0.1) is 0 Å². The van der Waals surface area contributed by atoms with Gasteiger partial charge < -0.3 is 14.7 Å². The van der Waals surface area contributed by atoms with Gasteiger partial charge in [0.15, 0.2) is 0 Å². The van der Waals surface area contributed by atoms with Gasteiger partial charge in [0.25, 0.3) is 0 Å². The Hall–Kier alpha value is -1.70. The van der Waals surface area contributed by atoms with Crippen molar-refractivity contribution in [1.29, 1.82) is 0 Å². The second kappa shape index (κ2) is 9.88. The zero-order valence-electron chi connectivity index (χ0n) is 20.1. The van der Waals surface area contributed by atoms with Crippen molar-refractivity contribution in [3.63, 3.8) is 0 Å². The Kier molecular flexibility index (Phi) is 7.32. The number of rotatable bonds is 5. The van der Waals surface area contributed by atoms with Crippen LogP contribution in [0.4, 0.5) is 5.82 Å². The predicted octanol–water partition coefficient (Wildman–Crippen LogP) is 3.38. The van der Waals surface area contributed by atoms with Gasteiger partial charge in [0.1, 0.15) is 17.1 Å². The molecule has 0 spiro atoms. The molecule has 4 rings (SSSR count). The lowest BCUT2D eigenvalue weighted by Gasteiger charge is -2.53. The van der Waals surface area contributed by atoms with Crippen molar-refractivity contribution in [2.45, 2.75) is 52.2 Å². The molecule has 2 aliphatic carbocycles. The molecule has 2 fully saturated rings. The molecule has 1 N–H and O–H groups in total. The van der Waals surface area contributed by atoms with Crippen molar-refractivity contribution in [2.24, 2.45) is 23.7 Å². The SMILES string of the molecule is CC(=O)O[C@@H]1[CH][C@@]2(O)[C@H](C)CC[C@@H](C(C)CN3CCN(c4cnc(Cl)cn4)CC3)[C@H]2C=C1C. The van der Waals surface area contributed by atoms with E-state index in [0.29, 0.717) is 17.0 Å². The summed E-state index contributed by atoms with van der Waals surface area (Å²) in [7, 11) is 0. The number of fused-ring (bicyclic) bond motifs is 1. The van der Waals surface area contributed by atoms with Crippen LogP contribution in [0.2, 0.25) is 5.15 Å². The maximum absolute atomic E-state index is 11.7. The van der Waals surface area contributed by atoms with Gasteiger partial charge in [-0.25, -0.2) is 9.97 Å². The molecule has 0 aromatic carbocycles. The van der Waals surface area contributed by atoms with Crippen LogP contribution in [0, 0.1) is 30.1 Å². The zero-order chi connectivity index (χ0) is 23.8. The van der Waals surface area contributed by atoms with E-state index in [9.17, 15) is 9.90 Å². The van der Waals surface area contributed by atoms with Crippen LogP contribution in [0.5, 0.6) is 0 Å². The monoisotopic (exact) mass is 475 g/mol. The standard InChI is InChI=1S/C25H36ClN4O3/c1-16-11-21-20(6-5-18(3)25(21,32)12-22(16)33-19(4)31)17(2)15-29-7-9-30(10-8-29)24-14-27-23(26)13-28-24/h11-14,17-18,20-22,32H,5-10,15H2,1-4H3/t17?,18-,20+,21-,22-,25-/m1/s1. The first-order valence-corrected chi connectivity index (χ1v) is 12.4. The Morgan fingerprint density at radius 2 is 2.00 bits per heavy atom. The number of esters is 1. The highest BCUT2D eigenvalue weighted by Gasteiger charge is 2.53. The van der Waals surface area contributed by atoms with Gasteiger partial charge in [0.05, 0.1) is 18.0 Å². The molecule has 1 radical (unpaired) electrons. The van der Waals surface area contributed by atoms with E-state index in [0.717, 1.165) is 57.0 Å². The maximum Gasteiger partial charge on any atom is 0.303 e. The normalized spacial score (nSPS) is 33.8. The Labute approximate surface area is 202 Å². The summed E-state index contributed by atoms with van der Waals surface area (Å²) in [5, 5.41) is 12.1. The van der Waals surface area contributed by atoms with Crippen molar-refractivity contribution in [2.75, 3.05) is 37.6 Å². The number of aliphatic hydroxyl groups is 1. The summed E-state index contributed by atoms with van der Waals surface area (Å²) in [6.07, 6.45) is 9.05. The number of carbonyl (C=O) groups excluding carboxylic acids is 1. The lowest BCUT2D eigenvalue weighted by atomic mass is 9.57. The molecule has 1 unspecified atom stereocenters. The fraction of sp³-hybridized carbons (Fsp3) is 0.680. The summed E-state index contributed by atoms with van der Waals surface area (Å²) in [5.74, 6) is 1.57. The summed E-state index contributed by atoms with van der Waals surface area (Å²) in [6.45, 7) is 12.6. The second-order valence-electron chi connectivity index (χ2n) is 10.1. The summed E-state index contributed by atoms with van der Waals surface area (Å²) < 4.78 is 5.48. The molecule has 3 aliphatic rings.